The molecule has 1 saturated carbocycles. The van der Waals surface area contributed by atoms with Gasteiger partial charge in [0.25, 0.3) is 0 Å². The fraction of sp³-hybridized carbons (Fsp3) is 0.625. The van der Waals surface area contributed by atoms with E-state index in [1.807, 2.05) is 0 Å². The summed E-state index contributed by atoms with van der Waals surface area (Å²) >= 11 is 0. The topological polar surface area (TPSA) is 32.3 Å². The van der Waals surface area contributed by atoms with E-state index in [1.54, 1.807) is 0 Å². The minimum atomic E-state index is -0.532. The van der Waals surface area contributed by atoms with Crippen LogP contribution in [0.1, 0.15) is 50.0 Å². The molecule has 1 aromatic carbocycles. The third-order valence-corrected chi connectivity index (χ3v) is 4.79. The van der Waals surface area contributed by atoms with Crippen LogP contribution in [-0.2, 0) is 0 Å². The van der Waals surface area contributed by atoms with Crippen molar-refractivity contribution in [2.24, 2.45) is 0 Å². The van der Waals surface area contributed by atoms with Crippen molar-refractivity contribution in [3.05, 3.63) is 35.9 Å². The molecule has 2 nitrogen and oxygen atoms in total. The van der Waals surface area contributed by atoms with Gasteiger partial charge < -0.3 is 10.4 Å². The van der Waals surface area contributed by atoms with E-state index in [-0.39, 0.29) is 0 Å². The fourth-order valence-electron chi connectivity index (χ4n) is 3.85. The zero-order chi connectivity index (χ0) is 12.4. The van der Waals surface area contributed by atoms with Gasteiger partial charge in [-0.15, -0.1) is 0 Å². The molecule has 1 saturated heterocycles. The molecule has 2 N–H and O–H groups in total. The van der Waals surface area contributed by atoms with Crippen LogP contribution < -0.4 is 5.32 Å². The molecule has 1 heterocycles. The molecule has 3 unspecified atom stereocenters. The molecular formula is C16H23NO. The van der Waals surface area contributed by atoms with Crippen LogP contribution in [0.15, 0.2) is 30.3 Å². The Morgan fingerprint density at radius 2 is 1.89 bits per heavy atom. The van der Waals surface area contributed by atoms with Gasteiger partial charge >= 0.3 is 0 Å². The first kappa shape index (κ1) is 12.2. The van der Waals surface area contributed by atoms with Gasteiger partial charge in [0, 0.05) is 12.0 Å². The lowest BCUT2D eigenvalue weighted by Crippen LogP contribution is -2.53. The second-order valence-electron chi connectivity index (χ2n) is 5.85. The molecule has 1 aromatic rings. The number of benzene rings is 1. The summed E-state index contributed by atoms with van der Waals surface area (Å²) in [6, 6.07) is 10.9. The minimum Gasteiger partial charge on any atom is -0.388 e. The summed E-state index contributed by atoms with van der Waals surface area (Å²) in [5.74, 6) is 0.308. The Morgan fingerprint density at radius 1 is 1.06 bits per heavy atom. The van der Waals surface area contributed by atoms with E-state index in [1.165, 1.54) is 18.4 Å². The van der Waals surface area contributed by atoms with Gasteiger partial charge in [-0.3, -0.25) is 0 Å². The van der Waals surface area contributed by atoms with Crippen molar-refractivity contribution in [2.45, 2.75) is 56.1 Å². The highest BCUT2D eigenvalue weighted by Crippen LogP contribution is 2.44. The van der Waals surface area contributed by atoms with Gasteiger partial charge in [-0.25, -0.2) is 0 Å². The Balaban J connectivity index is 1.89. The summed E-state index contributed by atoms with van der Waals surface area (Å²) in [6.07, 6.45) is 6.81. The highest BCUT2D eigenvalue weighted by Gasteiger charge is 2.46. The largest absolute Gasteiger partial charge is 0.388 e. The van der Waals surface area contributed by atoms with Gasteiger partial charge in [0.05, 0.1) is 5.60 Å². The quantitative estimate of drug-likeness (QED) is 0.839. The van der Waals surface area contributed by atoms with E-state index in [0.29, 0.717) is 12.0 Å². The Bertz CT molecular complexity index is 385. The second-order valence-corrected chi connectivity index (χ2v) is 5.85. The average Bonchev–Trinajstić information content (AvgIpc) is 2.95. The number of rotatable bonds is 2. The van der Waals surface area contributed by atoms with Crippen LogP contribution >= 0.6 is 0 Å². The smallest absolute Gasteiger partial charge is 0.0868 e. The summed E-state index contributed by atoms with van der Waals surface area (Å²) in [5.41, 5.74) is 0.782. The maximum Gasteiger partial charge on any atom is 0.0868 e. The molecule has 0 aromatic heterocycles. The molecule has 1 aliphatic heterocycles. The molecule has 2 heteroatoms. The van der Waals surface area contributed by atoms with Crippen molar-refractivity contribution >= 4 is 0 Å². The van der Waals surface area contributed by atoms with Gasteiger partial charge in [0.15, 0.2) is 0 Å². The lowest BCUT2D eigenvalue weighted by molar-refractivity contribution is -0.0444. The lowest BCUT2D eigenvalue weighted by atomic mass is 9.68. The lowest BCUT2D eigenvalue weighted by Gasteiger charge is -2.44. The SMILES string of the molecule is OC1(C2CCCN2)CCCCC1c1ccccc1. The normalized spacial score (nSPS) is 36.7. The molecule has 18 heavy (non-hydrogen) atoms. The van der Waals surface area contributed by atoms with Crippen molar-refractivity contribution in [3.8, 4) is 0 Å². The molecule has 2 aliphatic rings. The number of nitrogens with one attached hydrogen (secondary N) is 1. The molecule has 3 rings (SSSR count). The number of hydrogen-bond donors (Lipinski definition) is 2. The summed E-state index contributed by atoms with van der Waals surface area (Å²) in [4.78, 5) is 0. The average molecular weight is 245 g/mol. The molecule has 98 valence electrons. The summed E-state index contributed by atoms with van der Waals surface area (Å²) in [6.45, 7) is 1.06. The molecule has 0 amide bonds. The molecule has 0 spiro atoms. The van der Waals surface area contributed by atoms with E-state index >= 15 is 0 Å². The summed E-state index contributed by atoms with van der Waals surface area (Å²) < 4.78 is 0. The Hall–Kier alpha value is -0.860. The Kier molecular flexibility index (Phi) is 3.40. The van der Waals surface area contributed by atoms with Gasteiger partial charge in [0.2, 0.25) is 0 Å². The highest BCUT2D eigenvalue weighted by atomic mass is 16.3. The summed E-state index contributed by atoms with van der Waals surface area (Å²) in [7, 11) is 0. The second kappa shape index (κ2) is 5.02. The van der Waals surface area contributed by atoms with Crippen molar-refractivity contribution < 1.29 is 5.11 Å². The van der Waals surface area contributed by atoms with E-state index in [2.05, 4.69) is 35.6 Å². The molecule has 0 radical (unpaired) electrons. The monoisotopic (exact) mass is 245 g/mol. The fourth-order valence-corrected chi connectivity index (χ4v) is 3.85. The van der Waals surface area contributed by atoms with Crippen molar-refractivity contribution in [1.29, 1.82) is 0 Å². The zero-order valence-corrected chi connectivity index (χ0v) is 10.9. The van der Waals surface area contributed by atoms with Crippen molar-refractivity contribution in [1.82, 2.24) is 5.32 Å². The molecule has 0 bridgehead atoms. The standard InChI is InChI=1S/C16H23NO/c18-16(15-10-6-12-17-15)11-5-4-9-14(16)13-7-2-1-3-8-13/h1-3,7-8,14-15,17-18H,4-6,9-12H2. The van der Waals surface area contributed by atoms with Gasteiger partial charge in [-0.1, -0.05) is 43.2 Å². The molecule has 3 atom stereocenters. The van der Waals surface area contributed by atoms with Crippen LogP contribution in [0, 0.1) is 0 Å². The van der Waals surface area contributed by atoms with E-state index in [0.717, 1.165) is 32.2 Å². The van der Waals surface area contributed by atoms with Crippen LogP contribution in [0.2, 0.25) is 0 Å². The Labute approximate surface area is 109 Å². The van der Waals surface area contributed by atoms with E-state index < -0.39 is 5.60 Å². The van der Waals surface area contributed by atoms with Gasteiger partial charge in [-0.2, -0.15) is 0 Å². The Morgan fingerprint density at radius 3 is 2.61 bits per heavy atom. The van der Waals surface area contributed by atoms with Crippen LogP contribution in [-0.4, -0.2) is 23.3 Å². The minimum absolute atomic E-state index is 0.294. The predicted octanol–water partition coefficient (Wildman–Crippen LogP) is 2.83. The highest BCUT2D eigenvalue weighted by molar-refractivity contribution is 5.25. The van der Waals surface area contributed by atoms with E-state index in [4.69, 9.17) is 0 Å². The van der Waals surface area contributed by atoms with Crippen LogP contribution in [0.25, 0.3) is 0 Å². The van der Waals surface area contributed by atoms with Gasteiger partial charge in [-0.05, 0) is 37.8 Å². The van der Waals surface area contributed by atoms with Crippen molar-refractivity contribution in [2.75, 3.05) is 6.54 Å². The van der Waals surface area contributed by atoms with Crippen LogP contribution in [0.3, 0.4) is 0 Å². The first-order valence-electron chi connectivity index (χ1n) is 7.31. The molecular weight excluding hydrogens is 222 g/mol. The van der Waals surface area contributed by atoms with Crippen molar-refractivity contribution in [3.63, 3.8) is 0 Å². The zero-order valence-electron chi connectivity index (χ0n) is 10.9. The molecule has 2 fully saturated rings. The maximum atomic E-state index is 11.2. The third-order valence-electron chi connectivity index (χ3n) is 4.79. The van der Waals surface area contributed by atoms with Gasteiger partial charge in [0.1, 0.15) is 0 Å². The van der Waals surface area contributed by atoms with E-state index in [9.17, 15) is 5.11 Å². The third kappa shape index (κ3) is 2.08. The summed E-state index contributed by atoms with van der Waals surface area (Å²) in [5, 5.41) is 14.7. The first-order chi connectivity index (χ1) is 8.81. The first-order valence-corrected chi connectivity index (χ1v) is 7.31. The predicted molar refractivity (Wildman–Crippen MR) is 73.6 cm³/mol. The molecule has 1 aliphatic carbocycles. The number of hydrogen-bond acceptors (Lipinski definition) is 2. The number of aliphatic hydroxyl groups is 1. The van der Waals surface area contributed by atoms with Crippen LogP contribution in [0.5, 0.6) is 0 Å². The maximum absolute atomic E-state index is 11.2. The van der Waals surface area contributed by atoms with Crippen LogP contribution in [0.4, 0.5) is 0 Å².